The van der Waals surface area contributed by atoms with Crippen LogP contribution in [0.3, 0.4) is 0 Å². The van der Waals surface area contributed by atoms with Crippen LogP contribution in [0, 0.1) is 0 Å². The summed E-state index contributed by atoms with van der Waals surface area (Å²) in [5, 5.41) is 1.58. The van der Waals surface area contributed by atoms with Gasteiger partial charge in [0.1, 0.15) is 0 Å². The Morgan fingerprint density at radius 2 is 1.86 bits per heavy atom. The second-order valence-electron chi connectivity index (χ2n) is 5.14. The first-order valence-corrected chi connectivity index (χ1v) is 7.58. The fraction of sp³-hybridized carbons (Fsp3) is 0.176. The number of fused-ring (bicyclic) bond motifs is 2. The molecular formula is C17H16N2OS. The Balaban J connectivity index is 2.21. The van der Waals surface area contributed by atoms with Crippen LogP contribution >= 0.6 is 11.3 Å². The predicted molar refractivity (Wildman–Crippen MR) is 91.5 cm³/mol. The molecule has 3 nitrogen and oxygen atoms in total. The Morgan fingerprint density at radius 3 is 2.67 bits per heavy atom. The number of benzene rings is 2. The summed E-state index contributed by atoms with van der Waals surface area (Å²) in [5.41, 5.74) is 1.20. The minimum Gasteiger partial charge on any atom is -0.369 e. The first-order valence-electron chi connectivity index (χ1n) is 6.76. The third-order valence-electron chi connectivity index (χ3n) is 3.26. The Kier molecular flexibility index (Phi) is 3.71. The standard InChI is InChI=1S/C17H16N2OS/c1-19(2)11-18-10-12-6-5-8-14-16(20)13-7-3-4-9-15(13)21-17(12)14/h3-9,11H,10H2,1-2H3. The average Bonchev–Trinajstić information content (AvgIpc) is 2.48. The van der Waals surface area contributed by atoms with Gasteiger partial charge in [0.25, 0.3) is 0 Å². The maximum absolute atomic E-state index is 12.6. The van der Waals surface area contributed by atoms with Crippen molar-refractivity contribution in [1.29, 1.82) is 0 Å². The molecule has 4 heteroatoms. The second kappa shape index (κ2) is 5.66. The highest BCUT2D eigenvalue weighted by atomic mass is 32.1. The highest BCUT2D eigenvalue weighted by Crippen LogP contribution is 2.27. The summed E-state index contributed by atoms with van der Waals surface area (Å²) < 4.78 is 2.07. The van der Waals surface area contributed by atoms with E-state index in [9.17, 15) is 4.79 Å². The SMILES string of the molecule is CN(C)C=NCc1cccc2c(=O)c3ccccc3sc12. The lowest BCUT2D eigenvalue weighted by atomic mass is 10.1. The number of aliphatic imine (C=N–C) groups is 1. The summed E-state index contributed by atoms with van der Waals surface area (Å²) in [6.45, 7) is 0.587. The fourth-order valence-corrected chi connectivity index (χ4v) is 3.48. The molecule has 0 atom stereocenters. The molecule has 2 aromatic carbocycles. The summed E-state index contributed by atoms with van der Waals surface area (Å²) in [6, 6.07) is 13.7. The van der Waals surface area contributed by atoms with Crippen LogP contribution in [-0.4, -0.2) is 25.3 Å². The van der Waals surface area contributed by atoms with Gasteiger partial charge in [-0.1, -0.05) is 24.3 Å². The zero-order chi connectivity index (χ0) is 14.8. The van der Waals surface area contributed by atoms with E-state index >= 15 is 0 Å². The van der Waals surface area contributed by atoms with Crippen LogP contribution in [0.1, 0.15) is 5.56 Å². The third-order valence-corrected chi connectivity index (χ3v) is 4.52. The normalized spacial score (nSPS) is 11.5. The van der Waals surface area contributed by atoms with Crippen LogP contribution in [0.25, 0.3) is 20.2 Å². The summed E-state index contributed by atoms with van der Waals surface area (Å²) in [4.78, 5) is 18.9. The molecule has 3 rings (SSSR count). The molecule has 1 aromatic heterocycles. The average molecular weight is 296 g/mol. The van der Waals surface area contributed by atoms with Crippen LogP contribution in [0.5, 0.6) is 0 Å². The zero-order valence-electron chi connectivity index (χ0n) is 12.0. The summed E-state index contributed by atoms with van der Waals surface area (Å²) in [6.07, 6.45) is 1.79. The Morgan fingerprint density at radius 1 is 1.10 bits per heavy atom. The van der Waals surface area contributed by atoms with Crippen molar-refractivity contribution in [2.24, 2.45) is 4.99 Å². The van der Waals surface area contributed by atoms with E-state index in [2.05, 4.69) is 4.99 Å². The van der Waals surface area contributed by atoms with Crippen molar-refractivity contribution >= 4 is 37.8 Å². The minimum atomic E-state index is 0.109. The van der Waals surface area contributed by atoms with Crippen molar-refractivity contribution in [2.45, 2.75) is 6.54 Å². The van der Waals surface area contributed by atoms with Crippen molar-refractivity contribution in [3.05, 3.63) is 58.3 Å². The number of rotatable bonds is 3. The van der Waals surface area contributed by atoms with E-state index in [0.717, 1.165) is 25.7 Å². The second-order valence-corrected chi connectivity index (χ2v) is 6.19. The molecule has 0 aliphatic carbocycles. The van der Waals surface area contributed by atoms with Gasteiger partial charge in [-0.05, 0) is 23.8 Å². The molecule has 1 heterocycles. The molecule has 0 radical (unpaired) electrons. The maximum Gasteiger partial charge on any atom is 0.195 e. The van der Waals surface area contributed by atoms with Gasteiger partial charge in [0, 0.05) is 34.3 Å². The van der Waals surface area contributed by atoms with Crippen molar-refractivity contribution in [3.63, 3.8) is 0 Å². The molecule has 0 aliphatic heterocycles. The predicted octanol–water partition coefficient (Wildman–Crippen LogP) is 3.50. The van der Waals surface area contributed by atoms with Crippen LogP contribution in [-0.2, 0) is 6.54 Å². The first-order chi connectivity index (χ1) is 10.2. The molecule has 0 saturated heterocycles. The van der Waals surface area contributed by atoms with Gasteiger partial charge in [-0.25, -0.2) is 0 Å². The van der Waals surface area contributed by atoms with Crippen LogP contribution in [0.2, 0.25) is 0 Å². The van der Waals surface area contributed by atoms with Gasteiger partial charge in [0.2, 0.25) is 0 Å². The molecular weight excluding hydrogens is 280 g/mol. The molecule has 0 bridgehead atoms. The molecule has 0 fully saturated rings. The zero-order valence-corrected chi connectivity index (χ0v) is 12.9. The van der Waals surface area contributed by atoms with Crippen molar-refractivity contribution in [1.82, 2.24) is 4.90 Å². The van der Waals surface area contributed by atoms with Gasteiger partial charge in [0.05, 0.1) is 12.9 Å². The number of hydrogen-bond acceptors (Lipinski definition) is 3. The van der Waals surface area contributed by atoms with E-state index < -0.39 is 0 Å². The quantitative estimate of drug-likeness (QED) is 0.421. The smallest absolute Gasteiger partial charge is 0.195 e. The molecule has 0 amide bonds. The van der Waals surface area contributed by atoms with Crippen molar-refractivity contribution in [2.75, 3.05) is 14.1 Å². The van der Waals surface area contributed by atoms with Gasteiger partial charge in [-0.3, -0.25) is 9.79 Å². The fourth-order valence-electron chi connectivity index (χ4n) is 2.31. The lowest BCUT2D eigenvalue weighted by Gasteiger charge is -2.06. The van der Waals surface area contributed by atoms with E-state index in [-0.39, 0.29) is 5.43 Å². The largest absolute Gasteiger partial charge is 0.369 e. The highest BCUT2D eigenvalue weighted by Gasteiger charge is 2.08. The minimum absolute atomic E-state index is 0.109. The summed E-state index contributed by atoms with van der Waals surface area (Å²) >= 11 is 1.66. The van der Waals surface area contributed by atoms with Gasteiger partial charge in [-0.2, -0.15) is 0 Å². The van der Waals surface area contributed by atoms with E-state index in [1.807, 2.05) is 61.5 Å². The van der Waals surface area contributed by atoms with Gasteiger partial charge in [-0.15, -0.1) is 11.3 Å². The van der Waals surface area contributed by atoms with E-state index in [1.54, 1.807) is 17.7 Å². The lowest BCUT2D eigenvalue weighted by Crippen LogP contribution is -2.07. The monoisotopic (exact) mass is 296 g/mol. The summed E-state index contributed by atoms with van der Waals surface area (Å²) in [7, 11) is 3.89. The van der Waals surface area contributed by atoms with Crippen LogP contribution in [0.4, 0.5) is 0 Å². The molecule has 0 spiro atoms. The lowest BCUT2D eigenvalue weighted by molar-refractivity contribution is 0.638. The third kappa shape index (κ3) is 2.67. The van der Waals surface area contributed by atoms with Crippen LogP contribution in [0.15, 0.2) is 52.3 Å². The van der Waals surface area contributed by atoms with E-state index in [4.69, 9.17) is 0 Å². The van der Waals surface area contributed by atoms with Crippen LogP contribution < -0.4 is 5.43 Å². The van der Waals surface area contributed by atoms with Gasteiger partial charge >= 0.3 is 0 Å². The number of nitrogens with zero attached hydrogens (tertiary/aromatic N) is 2. The molecule has 0 N–H and O–H groups in total. The number of hydrogen-bond donors (Lipinski definition) is 0. The molecule has 0 unspecified atom stereocenters. The molecule has 3 aromatic rings. The molecule has 106 valence electrons. The Labute approximate surface area is 127 Å². The highest BCUT2D eigenvalue weighted by molar-refractivity contribution is 7.24. The van der Waals surface area contributed by atoms with Gasteiger partial charge < -0.3 is 4.90 Å². The Bertz CT molecular complexity index is 881. The van der Waals surface area contributed by atoms with Crippen molar-refractivity contribution in [3.8, 4) is 0 Å². The Hall–Kier alpha value is -2.20. The summed E-state index contributed by atoms with van der Waals surface area (Å²) in [5.74, 6) is 0. The van der Waals surface area contributed by atoms with E-state index in [1.165, 1.54) is 0 Å². The topological polar surface area (TPSA) is 32.7 Å². The first kappa shape index (κ1) is 13.8. The maximum atomic E-state index is 12.6. The molecule has 0 saturated carbocycles. The molecule has 21 heavy (non-hydrogen) atoms. The van der Waals surface area contributed by atoms with Crippen molar-refractivity contribution < 1.29 is 0 Å². The molecule has 0 aliphatic rings. The van der Waals surface area contributed by atoms with Gasteiger partial charge in [0.15, 0.2) is 5.43 Å². The van der Waals surface area contributed by atoms with E-state index in [0.29, 0.717) is 6.54 Å².